The van der Waals surface area contributed by atoms with Crippen LogP contribution in [-0.4, -0.2) is 215 Å². The highest BCUT2D eigenvalue weighted by molar-refractivity contribution is 7.13. The number of carbonyl (C=O) groups is 3. The second-order valence-corrected chi connectivity index (χ2v) is 19.0. The molecule has 1 aromatic rings. The number of hydrogen-bond acceptors (Lipinski definition) is 20. The lowest BCUT2D eigenvalue weighted by molar-refractivity contribution is -0.181. The molecule has 400 valence electrons. The van der Waals surface area contributed by atoms with Crippen molar-refractivity contribution in [3.05, 3.63) is 21.4 Å². The SMILES string of the molecule is CCCN(OCCNC(=O)OC1CCC1)C(=O)C1=Cc2sc(CC3CN(CCOCCOCCOCCOCCOCCOCCOCCOCCOC(CO)C(=O)OC(C)(C)C)C3)cc2N=C(N)C1. The van der Waals surface area contributed by atoms with Gasteiger partial charge in [-0.3, -0.25) is 9.63 Å². The van der Waals surface area contributed by atoms with Crippen molar-refractivity contribution in [1.29, 1.82) is 0 Å². The largest absolute Gasteiger partial charge is 0.458 e. The predicted octanol–water partition coefficient (Wildman–Crippen LogP) is 3.30. The monoisotopic (exact) mass is 1020 g/mol. The van der Waals surface area contributed by atoms with Gasteiger partial charge in [0.1, 0.15) is 17.5 Å². The summed E-state index contributed by atoms with van der Waals surface area (Å²) in [5.41, 5.74) is 6.95. The zero-order valence-electron chi connectivity index (χ0n) is 42.0. The Kier molecular flexibility index (Phi) is 29.5. The molecule has 21 nitrogen and oxygen atoms in total. The van der Waals surface area contributed by atoms with E-state index in [0.29, 0.717) is 129 Å². The first-order chi connectivity index (χ1) is 33.9. The van der Waals surface area contributed by atoms with Gasteiger partial charge in [0.15, 0.2) is 6.10 Å². The molecular formula is C48H81N5O16S. The van der Waals surface area contributed by atoms with E-state index >= 15 is 0 Å². The predicted molar refractivity (Wildman–Crippen MR) is 261 cm³/mol. The first kappa shape index (κ1) is 59.2. The number of amidine groups is 1. The van der Waals surface area contributed by atoms with Crippen LogP contribution in [0.3, 0.4) is 0 Å². The number of aliphatic hydroxyl groups is 1. The molecular weight excluding hydrogens is 935 g/mol. The van der Waals surface area contributed by atoms with Crippen LogP contribution >= 0.6 is 11.3 Å². The third kappa shape index (κ3) is 25.3. The maximum absolute atomic E-state index is 13.6. The normalized spacial score (nSPS) is 15.8. The van der Waals surface area contributed by atoms with Gasteiger partial charge in [0.05, 0.1) is 136 Å². The number of nitrogens with two attached hydrogens (primary N) is 1. The van der Waals surface area contributed by atoms with Crippen molar-refractivity contribution >= 4 is 46.9 Å². The Hall–Kier alpha value is -3.36. The van der Waals surface area contributed by atoms with Gasteiger partial charge in [-0.15, -0.1) is 11.3 Å². The molecule has 2 aliphatic heterocycles. The Morgan fingerprint density at radius 1 is 0.829 bits per heavy atom. The molecule has 3 aliphatic rings. The summed E-state index contributed by atoms with van der Waals surface area (Å²) in [7, 11) is 0. The van der Waals surface area contributed by atoms with E-state index in [1.54, 1.807) is 32.1 Å². The Morgan fingerprint density at radius 3 is 1.87 bits per heavy atom. The number of ether oxygens (including phenoxy) is 11. The molecule has 1 saturated heterocycles. The molecule has 0 bridgehead atoms. The highest BCUT2D eigenvalue weighted by Crippen LogP contribution is 2.37. The third-order valence-electron chi connectivity index (χ3n) is 10.7. The summed E-state index contributed by atoms with van der Waals surface area (Å²) in [6, 6.07) is 2.09. The molecule has 70 heavy (non-hydrogen) atoms. The second kappa shape index (κ2) is 34.9. The van der Waals surface area contributed by atoms with Crippen LogP contribution in [0.5, 0.6) is 0 Å². The number of carbonyl (C=O) groups excluding carboxylic acids is 3. The maximum atomic E-state index is 13.6. The molecule has 22 heteroatoms. The van der Waals surface area contributed by atoms with E-state index in [4.69, 9.17) is 62.7 Å². The fourth-order valence-corrected chi connectivity index (χ4v) is 8.16. The van der Waals surface area contributed by atoms with Gasteiger partial charge in [-0.1, -0.05) is 6.92 Å². The molecule has 2 amide bonds. The Labute approximate surface area is 417 Å². The van der Waals surface area contributed by atoms with Crippen LogP contribution in [-0.2, 0) is 73.0 Å². The molecule has 0 radical (unpaired) electrons. The smallest absolute Gasteiger partial charge is 0.407 e. The number of hydroxylamine groups is 2. The van der Waals surface area contributed by atoms with E-state index in [2.05, 4.69) is 21.3 Å². The van der Waals surface area contributed by atoms with E-state index in [-0.39, 0.29) is 44.8 Å². The van der Waals surface area contributed by atoms with Crippen LogP contribution in [0.2, 0.25) is 0 Å². The van der Waals surface area contributed by atoms with Gasteiger partial charge in [-0.05, 0) is 70.9 Å². The van der Waals surface area contributed by atoms with Crippen LogP contribution in [0.4, 0.5) is 10.5 Å². The lowest BCUT2D eigenvalue weighted by Gasteiger charge is -2.39. The lowest BCUT2D eigenvalue weighted by atomic mass is 9.95. The molecule has 1 atom stereocenters. The highest BCUT2D eigenvalue weighted by atomic mass is 32.1. The number of hydrogen-bond donors (Lipinski definition) is 3. The number of nitrogens with one attached hydrogen (secondary N) is 1. The van der Waals surface area contributed by atoms with Crippen molar-refractivity contribution in [3.63, 3.8) is 0 Å². The van der Waals surface area contributed by atoms with Crippen LogP contribution in [0.1, 0.15) is 69.6 Å². The average Bonchev–Trinajstić information content (AvgIpc) is 3.58. The summed E-state index contributed by atoms with van der Waals surface area (Å²) in [6.45, 7) is 17.9. The van der Waals surface area contributed by atoms with E-state index in [9.17, 15) is 19.5 Å². The van der Waals surface area contributed by atoms with Gasteiger partial charge >= 0.3 is 12.1 Å². The van der Waals surface area contributed by atoms with Crippen molar-refractivity contribution in [2.45, 2.75) is 84.0 Å². The van der Waals surface area contributed by atoms with Crippen LogP contribution < -0.4 is 11.1 Å². The number of esters is 1. The van der Waals surface area contributed by atoms with Gasteiger partial charge in [-0.25, -0.2) is 19.6 Å². The number of likely N-dealkylation sites (tertiary alicyclic amines) is 1. The summed E-state index contributed by atoms with van der Waals surface area (Å²) in [6.07, 6.45) is 5.17. The number of alkyl carbamates (subject to hydrolysis) is 1. The van der Waals surface area contributed by atoms with Crippen molar-refractivity contribution in [1.82, 2.24) is 15.3 Å². The zero-order valence-corrected chi connectivity index (χ0v) is 42.8. The van der Waals surface area contributed by atoms with E-state index in [1.807, 2.05) is 13.0 Å². The van der Waals surface area contributed by atoms with Gasteiger partial charge in [0.2, 0.25) is 0 Å². The Balaban J connectivity index is 0.890. The topological polar surface area (TPSA) is 239 Å². The fraction of sp³-hybridized carbons (Fsp3) is 0.792. The minimum Gasteiger partial charge on any atom is -0.458 e. The van der Waals surface area contributed by atoms with Crippen molar-refractivity contribution < 1.29 is 76.4 Å². The Bertz CT molecular complexity index is 1690. The van der Waals surface area contributed by atoms with Crippen molar-refractivity contribution in [3.8, 4) is 0 Å². The summed E-state index contributed by atoms with van der Waals surface area (Å²) in [5, 5.41) is 13.4. The summed E-state index contributed by atoms with van der Waals surface area (Å²) < 4.78 is 60.3. The molecule has 0 spiro atoms. The molecule has 3 heterocycles. The molecule has 1 aromatic heterocycles. The highest BCUT2D eigenvalue weighted by Gasteiger charge is 2.29. The number of nitrogens with zero attached hydrogens (tertiary/aromatic N) is 3. The number of thiophene rings is 1. The molecule has 4 N–H and O–H groups in total. The van der Waals surface area contributed by atoms with Gasteiger partial charge in [0, 0.05) is 49.6 Å². The molecule has 2 fully saturated rings. The third-order valence-corrected chi connectivity index (χ3v) is 11.8. The van der Waals surface area contributed by atoms with Crippen LogP contribution in [0, 0.1) is 5.92 Å². The number of rotatable bonds is 40. The van der Waals surface area contributed by atoms with Crippen LogP contribution in [0.15, 0.2) is 16.6 Å². The quantitative estimate of drug-likeness (QED) is 0.0486. The summed E-state index contributed by atoms with van der Waals surface area (Å²) >= 11 is 1.65. The minimum absolute atomic E-state index is 0.00372. The van der Waals surface area contributed by atoms with Gasteiger partial charge in [-0.2, -0.15) is 0 Å². The average molecular weight is 1020 g/mol. The molecule has 1 unspecified atom stereocenters. The standard InChI is InChI=1S/C48H81N5O16S/c1-5-10-53(67-12-9-50-47(57)68-39-7-6-8-39)45(55)38-31-43-41(51-44(49)32-38)33-40(70-43)30-37-34-52(35-37)11-13-58-14-15-59-16-17-60-18-19-61-20-21-62-22-23-63-24-25-64-26-27-65-28-29-66-42(36-54)46(56)69-48(2,3)4/h31,33,37,39,42,54H,5-30,32,34-36H2,1-4H3,(H2,49,51)(H,50,57). The lowest BCUT2D eigenvalue weighted by Crippen LogP contribution is -2.48. The van der Waals surface area contributed by atoms with Crippen LogP contribution in [0.25, 0.3) is 6.08 Å². The van der Waals surface area contributed by atoms with Gasteiger partial charge < -0.3 is 73.2 Å². The first-order valence-corrected chi connectivity index (χ1v) is 25.6. The fourth-order valence-electron chi connectivity index (χ4n) is 6.97. The molecule has 0 aromatic carbocycles. The van der Waals surface area contributed by atoms with E-state index in [0.717, 1.165) is 55.9 Å². The minimum atomic E-state index is -1.03. The zero-order chi connectivity index (χ0) is 50.2. The molecule has 1 aliphatic carbocycles. The van der Waals surface area contributed by atoms with E-state index in [1.165, 1.54) is 9.94 Å². The van der Waals surface area contributed by atoms with Crippen molar-refractivity contribution in [2.24, 2.45) is 16.6 Å². The number of fused-ring (bicyclic) bond motifs is 1. The molecule has 4 rings (SSSR count). The number of aliphatic hydroxyl groups excluding tert-OH is 1. The first-order valence-electron chi connectivity index (χ1n) is 24.8. The van der Waals surface area contributed by atoms with Crippen molar-refractivity contribution in [2.75, 3.05) is 158 Å². The molecule has 1 saturated carbocycles. The summed E-state index contributed by atoms with van der Waals surface area (Å²) in [5.74, 6) is 0.0621. The summed E-state index contributed by atoms with van der Waals surface area (Å²) in [4.78, 5) is 52.5. The van der Waals surface area contributed by atoms with Gasteiger partial charge in [0.25, 0.3) is 5.91 Å². The van der Waals surface area contributed by atoms with E-state index < -0.39 is 30.4 Å². The second-order valence-electron chi connectivity index (χ2n) is 17.8. The number of amides is 2. The number of aliphatic imine (C=N–C) groups is 1. The maximum Gasteiger partial charge on any atom is 0.407 e. The Morgan fingerprint density at radius 2 is 1.37 bits per heavy atom.